The highest BCUT2D eigenvalue weighted by Gasteiger charge is 2.14. The van der Waals surface area contributed by atoms with Crippen molar-refractivity contribution in [3.05, 3.63) is 93.8 Å². The van der Waals surface area contributed by atoms with Crippen molar-refractivity contribution in [1.82, 2.24) is 9.97 Å². The fraction of sp³-hybridized carbons (Fsp3) is 0.174. The van der Waals surface area contributed by atoms with Crippen LogP contribution in [0.3, 0.4) is 0 Å². The van der Waals surface area contributed by atoms with Gasteiger partial charge in [0.05, 0.1) is 11.2 Å². The van der Waals surface area contributed by atoms with Crippen molar-refractivity contribution in [3.8, 4) is 11.5 Å². The van der Waals surface area contributed by atoms with Crippen LogP contribution in [0.1, 0.15) is 38.7 Å². The minimum Gasteiger partial charge on any atom is -0.441 e. The number of carbonyl (C=O) groups excluding carboxylic acids is 1. The smallest absolute Gasteiger partial charge is 0.226 e. The van der Waals surface area contributed by atoms with Crippen molar-refractivity contribution in [3.63, 3.8) is 0 Å². The first-order chi connectivity index (χ1) is 13.7. The summed E-state index contributed by atoms with van der Waals surface area (Å²) in [4.78, 5) is 22.5. The van der Waals surface area contributed by atoms with Gasteiger partial charge in [0.2, 0.25) is 5.89 Å². The zero-order valence-corrected chi connectivity index (χ0v) is 16.4. The van der Waals surface area contributed by atoms with Crippen LogP contribution in [0.25, 0.3) is 11.5 Å². The molecule has 0 N–H and O–H groups in total. The molecule has 0 amide bonds. The third-order valence-corrected chi connectivity index (χ3v) is 5.42. The second-order valence-electron chi connectivity index (χ2n) is 6.65. The molecular weight excluding hydrogens is 368 g/mol. The number of carbonyl (C=O) groups is 1. The highest BCUT2D eigenvalue weighted by atomic mass is 32.1. The normalized spacial score (nSPS) is 10.9. The lowest BCUT2D eigenvalue weighted by Gasteiger charge is -2.03. The maximum Gasteiger partial charge on any atom is 0.226 e. The molecule has 0 unspecified atom stereocenters. The van der Waals surface area contributed by atoms with Crippen molar-refractivity contribution >= 4 is 17.1 Å². The van der Waals surface area contributed by atoms with Crippen molar-refractivity contribution in [1.29, 1.82) is 0 Å². The quantitative estimate of drug-likeness (QED) is 0.392. The van der Waals surface area contributed by atoms with Gasteiger partial charge >= 0.3 is 0 Å². The molecule has 0 saturated carbocycles. The van der Waals surface area contributed by atoms with Crippen LogP contribution in [-0.4, -0.2) is 15.8 Å². The number of thiazole rings is 1. The fourth-order valence-corrected chi connectivity index (χ4v) is 3.71. The van der Waals surface area contributed by atoms with E-state index in [1.807, 2.05) is 73.2 Å². The summed E-state index contributed by atoms with van der Waals surface area (Å²) in [6.45, 7) is 1.90. The zero-order valence-electron chi connectivity index (χ0n) is 15.6. The Morgan fingerprint density at radius 2 is 1.86 bits per heavy atom. The molecule has 0 aliphatic rings. The minimum absolute atomic E-state index is 0.119. The number of aryl methyl sites for hydroxylation is 2. The number of rotatable bonds is 7. The molecule has 0 bridgehead atoms. The van der Waals surface area contributed by atoms with E-state index in [1.165, 1.54) is 10.4 Å². The molecule has 0 spiro atoms. The number of oxazole rings is 1. The second-order valence-corrected chi connectivity index (χ2v) is 7.62. The lowest BCUT2D eigenvalue weighted by atomic mass is 10.0. The molecular formula is C23H20N2O2S. The van der Waals surface area contributed by atoms with Crippen LogP contribution >= 0.6 is 11.3 Å². The molecule has 0 aliphatic carbocycles. The Morgan fingerprint density at radius 3 is 2.57 bits per heavy atom. The van der Waals surface area contributed by atoms with Crippen molar-refractivity contribution in [2.24, 2.45) is 0 Å². The SMILES string of the molecule is Cc1oc(-c2ccccc2)nc1CCC(=O)c1ccc(Cc2cncs2)cc1. The lowest BCUT2D eigenvalue weighted by molar-refractivity contribution is 0.0982. The van der Waals surface area contributed by atoms with Gasteiger partial charge in [-0.25, -0.2) is 4.98 Å². The van der Waals surface area contributed by atoms with Gasteiger partial charge < -0.3 is 4.42 Å². The Bertz CT molecular complexity index is 1050. The van der Waals surface area contributed by atoms with Crippen LogP contribution in [0.5, 0.6) is 0 Å². The Balaban J connectivity index is 1.38. The Morgan fingerprint density at radius 1 is 1.07 bits per heavy atom. The first kappa shape index (κ1) is 18.3. The largest absolute Gasteiger partial charge is 0.441 e. The van der Waals surface area contributed by atoms with Crippen LogP contribution in [0, 0.1) is 6.92 Å². The van der Waals surface area contributed by atoms with E-state index in [1.54, 1.807) is 11.3 Å². The lowest BCUT2D eigenvalue weighted by Crippen LogP contribution is -2.02. The van der Waals surface area contributed by atoms with Crippen molar-refractivity contribution in [2.45, 2.75) is 26.2 Å². The minimum atomic E-state index is 0.119. The van der Waals surface area contributed by atoms with Crippen molar-refractivity contribution < 1.29 is 9.21 Å². The third-order valence-electron chi connectivity index (χ3n) is 4.64. The summed E-state index contributed by atoms with van der Waals surface area (Å²) < 4.78 is 5.78. The monoisotopic (exact) mass is 388 g/mol. The maximum atomic E-state index is 12.6. The number of Topliss-reactive ketones (excluding diaryl/α,β-unsaturated/α-hetero) is 1. The standard InChI is InChI=1S/C23H20N2O2S/c1-16-21(25-23(27-16)19-5-3-2-4-6-19)11-12-22(26)18-9-7-17(8-10-18)13-20-14-24-15-28-20/h2-10,14-15H,11-13H2,1H3. The Kier molecular flexibility index (Phi) is 5.44. The molecule has 4 aromatic rings. The molecule has 2 aromatic carbocycles. The molecule has 2 heterocycles. The van der Waals surface area contributed by atoms with E-state index in [-0.39, 0.29) is 5.78 Å². The molecule has 140 valence electrons. The average molecular weight is 388 g/mol. The topological polar surface area (TPSA) is 56.0 Å². The fourth-order valence-electron chi connectivity index (χ4n) is 3.08. The Labute approximate surface area is 167 Å². The van der Waals surface area contributed by atoms with E-state index in [2.05, 4.69) is 9.97 Å². The van der Waals surface area contributed by atoms with E-state index < -0.39 is 0 Å². The van der Waals surface area contributed by atoms with E-state index >= 15 is 0 Å². The Hall–Kier alpha value is -3.05. The van der Waals surface area contributed by atoms with Crippen LogP contribution in [0.4, 0.5) is 0 Å². The zero-order chi connectivity index (χ0) is 19.3. The highest BCUT2D eigenvalue weighted by molar-refractivity contribution is 7.09. The van der Waals surface area contributed by atoms with Gasteiger partial charge in [-0.15, -0.1) is 11.3 Å². The van der Waals surface area contributed by atoms with Crippen molar-refractivity contribution in [2.75, 3.05) is 0 Å². The summed E-state index contributed by atoms with van der Waals surface area (Å²) in [5, 5.41) is 0. The summed E-state index contributed by atoms with van der Waals surface area (Å²) in [7, 11) is 0. The van der Waals surface area contributed by atoms with Crippen LogP contribution in [-0.2, 0) is 12.8 Å². The van der Waals surface area contributed by atoms with E-state index in [9.17, 15) is 4.79 Å². The molecule has 0 radical (unpaired) electrons. The predicted molar refractivity (Wildman–Crippen MR) is 111 cm³/mol. The van der Waals surface area contributed by atoms with Gasteiger partial charge in [0.1, 0.15) is 5.76 Å². The maximum absolute atomic E-state index is 12.6. The summed E-state index contributed by atoms with van der Waals surface area (Å²) in [5.41, 5.74) is 5.54. The number of aromatic nitrogens is 2. The van der Waals surface area contributed by atoms with Crippen LogP contribution in [0.15, 0.2) is 70.7 Å². The molecule has 4 nitrogen and oxygen atoms in total. The van der Waals surface area contributed by atoms with Gasteiger partial charge in [0, 0.05) is 41.5 Å². The summed E-state index contributed by atoms with van der Waals surface area (Å²) >= 11 is 1.64. The second kappa shape index (κ2) is 8.31. The predicted octanol–water partition coefficient (Wildman–Crippen LogP) is 5.51. The molecule has 0 saturated heterocycles. The van der Waals surface area contributed by atoms with Gasteiger partial charge in [-0.05, 0) is 24.6 Å². The van der Waals surface area contributed by atoms with E-state index in [4.69, 9.17) is 4.42 Å². The molecule has 28 heavy (non-hydrogen) atoms. The number of hydrogen-bond donors (Lipinski definition) is 0. The first-order valence-electron chi connectivity index (χ1n) is 9.20. The number of ketones is 1. The van der Waals surface area contributed by atoms with Gasteiger partial charge in [-0.3, -0.25) is 9.78 Å². The first-order valence-corrected chi connectivity index (χ1v) is 10.1. The van der Waals surface area contributed by atoms with Crippen LogP contribution < -0.4 is 0 Å². The average Bonchev–Trinajstić information content (AvgIpc) is 3.37. The third kappa shape index (κ3) is 4.26. The van der Waals surface area contributed by atoms with Gasteiger partial charge in [0.15, 0.2) is 5.78 Å². The summed E-state index contributed by atoms with van der Waals surface area (Å²) in [5.74, 6) is 1.49. The summed E-state index contributed by atoms with van der Waals surface area (Å²) in [6.07, 6.45) is 3.71. The number of nitrogens with zero attached hydrogens (tertiary/aromatic N) is 2. The highest BCUT2D eigenvalue weighted by Crippen LogP contribution is 2.22. The van der Waals surface area contributed by atoms with E-state index in [0.29, 0.717) is 18.7 Å². The number of benzene rings is 2. The van der Waals surface area contributed by atoms with Gasteiger partial charge in [0.25, 0.3) is 0 Å². The van der Waals surface area contributed by atoms with Gasteiger partial charge in [-0.1, -0.05) is 42.5 Å². The molecule has 0 atom stereocenters. The molecule has 5 heteroatoms. The molecule has 0 aliphatic heterocycles. The molecule has 4 rings (SSSR count). The van der Waals surface area contributed by atoms with E-state index in [0.717, 1.165) is 29.0 Å². The molecule has 2 aromatic heterocycles. The van der Waals surface area contributed by atoms with Gasteiger partial charge in [-0.2, -0.15) is 0 Å². The van der Waals surface area contributed by atoms with Crippen LogP contribution in [0.2, 0.25) is 0 Å². The summed E-state index contributed by atoms with van der Waals surface area (Å²) in [6, 6.07) is 17.6. The number of hydrogen-bond acceptors (Lipinski definition) is 5. The molecule has 0 fully saturated rings.